The molecule has 0 rings (SSSR count). The summed E-state index contributed by atoms with van der Waals surface area (Å²) in [5.74, 6) is 0. The fourth-order valence-corrected chi connectivity index (χ4v) is 0.731. The Labute approximate surface area is 69.8 Å². The van der Waals surface area contributed by atoms with Crippen LogP contribution in [0.4, 0.5) is 0 Å². The number of hydrogen-bond donors (Lipinski definition) is 0. The topological polar surface area (TPSA) is 6.48 Å². The molecule has 0 aromatic heterocycles. The molecule has 0 saturated carbocycles. The Bertz CT molecular complexity index is 121. The highest BCUT2D eigenvalue weighted by Crippen LogP contribution is 1.86. The molecule has 2 nitrogen and oxygen atoms in total. The van der Waals surface area contributed by atoms with Gasteiger partial charge in [-0.2, -0.15) is 0 Å². The lowest BCUT2D eigenvalue weighted by atomic mass is 10.5. The Hall–Kier alpha value is -0.760. The molecule has 0 aromatic rings. The second-order valence-corrected chi connectivity index (χ2v) is 2.71. The van der Waals surface area contributed by atoms with E-state index in [1.807, 2.05) is 19.3 Å². The van der Waals surface area contributed by atoms with Crippen LogP contribution >= 0.6 is 0 Å². The largest absolute Gasteiger partial charge is 0.380 e. The highest BCUT2D eigenvalue weighted by atomic mass is 15.1. The average Bonchev–Trinajstić information content (AvgIpc) is 2.01. The molecule has 0 aliphatic heterocycles. The van der Waals surface area contributed by atoms with Gasteiger partial charge >= 0.3 is 0 Å². The monoisotopic (exact) mass is 154 g/mol. The van der Waals surface area contributed by atoms with Gasteiger partial charge in [-0.15, -0.1) is 6.58 Å². The van der Waals surface area contributed by atoms with E-state index in [0.717, 1.165) is 19.6 Å². The third-order valence-corrected chi connectivity index (χ3v) is 1.59. The first kappa shape index (κ1) is 10.2. The minimum absolute atomic E-state index is 0.949. The van der Waals surface area contributed by atoms with E-state index >= 15 is 0 Å². The van der Waals surface area contributed by atoms with Gasteiger partial charge in [0.25, 0.3) is 0 Å². The van der Waals surface area contributed by atoms with E-state index in [-0.39, 0.29) is 0 Å². The smallest absolute Gasteiger partial charge is 0.0296 e. The molecular formula is C9H18N2. The minimum atomic E-state index is 0.949. The van der Waals surface area contributed by atoms with Crippen LogP contribution in [-0.2, 0) is 0 Å². The molecule has 64 valence electrons. The predicted octanol–water partition coefficient (Wildman–Crippen LogP) is 1.18. The van der Waals surface area contributed by atoms with Gasteiger partial charge in [-0.25, -0.2) is 0 Å². The van der Waals surface area contributed by atoms with Crippen LogP contribution in [0.5, 0.6) is 0 Å². The van der Waals surface area contributed by atoms with Crippen molar-refractivity contribution in [3.8, 4) is 0 Å². The number of likely N-dealkylation sites (N-methyl/N-ethyl adjacent to an activating group) is 2. The maximum atomic E-state index is 3.67. The molecule has 0 aliphatic carbocycles. The zero-order valence-electron chi connectivity index (χ0n) is 7.58. The summed E-state index contributed by atoms with van der Waals surface area (Å²) in [6, 6.07) is 0. The number of rotatable bonds is 6. The maximum absolute atomic E-state index is 3.67. The van der Waals surface area contributed by atoms with Crippen LogP contribution in [0.25, 0.3) is 0 Å². The van der Waals surface area contributed by atoms with Crippen molar-refractivity contribution in [2.24, 2.45) is 0 Å². The maximum Gasteiger partial charge on any atom is 0.0296 e. The summed E-state index contributed by atoms with van der Waals surface area (Å²) in [7, 11) is 4.10. The lowest BCUT2D eigenvalue weighted by molar-refractivity contribution is 0.318. The van der Waals surface area contributed by atoms with Crippen LogP contribution in [0.3, 0.4) is 0 Å². The van der Waals surface area contributed by atoms with E-state index in [0.29, 0.717) is 0 Å². The predicted molar refractivity (Wildman–Crippen MR) is 50.5 cm³/mol. The highest BCUT2D eigenvalue weighted by Gasteiger charge is 1.95. The minimum Gasteiger partial charge on any atom is -0.380 e. The van der Waals surface area contributed by atoms with Gasteiger partial charge in [0, 0.05) is 26.7 Å². The number of hydrogen-bond acceptors (Lipinski definition) is 2. The zero-order valence-corrected chi connectivity index (χ0v) is 7.58. The SMILES string of the molecule is C=CCN(C)CCN(C)C=C. The van der Waals surface area contributed by atoms with Gasteiger partial charge in [-0.3, -0.25) is 0 Å². The Morgan fingerprint density at radius 3 is 2.27 bits per heavy atom. The molecule has 0 bridgehead atoms. The molecule has 0 unspecified atom stereocenters. The Morgan fingerprint density at radius 1 is 1.18 bits per heavy atom. The Balaban J connectivity index is 3.36. The van der Waals surface area contributed by atoms with Crippen molar-refractivity contribution < 1.29 is 0 Å². The van der Waals surface area contributed by atoms with Gasteiger partial charge < -0.3 is 9.80 Å². The Kier molecular flexibility index (Phi) is 5.57. The molecule has 0 N–H and O–H groups in total. The van der Waals surface area contributed by atoms with Crippen molar-refractivity contribution in [2.45, 2.75) is 0 Å². The Morgan fingerprint density at radius 2 is 1.82 bits per heavy atom. The van der Waals surface area contributed by atoms with Crippen LogP contribution in [0.1, 0.15) is 0 Å². The molecule has 11 heavy (non-hydrogen) atoms. The van der Waals surface area contributed by atoms with Gasteiger partial charge in [0.15, 0.2) is 0 Å². The van der Waals surface area contributed by atoms with Gasteiger partial charge in [0.1, 0.15) is 0 Å². The molecule has 0 fully saturated rings. The summed E-state index contributed by atoms with van der Waals surface area (Å²) >= 11 is 0. The molecule has 0 aliphatic rings. The quantitative estimate of drug-likeness (QED) is 0.530. The molecule has 0 aromatic carbocycles. The van der Waals surface area contributed by atoms with E-state index in [1.54, 1.807) is 0 Å². The lowest BCUT2D eigenvalue weighted by Crippen LogP contribution is -2.28. The average molecular weight is 154 g/mol. The molecule has 0 saturated heterocycles. The third kappa shape index (κ3) is 5.67. The van der Waals surface area contributed by atoms with E-state index in [9.17, 15) is 0 Å². The normalized spacial score (nSPS) is 9.73. The first-order valence-electron chi connectivity index (χ1n) is 3.83. The van der Waals surface area contributed by atoms with Crippen LogP contribution in [0.15, 0.2) is 25.4 Å². The second kappa shape index (κ2) is 5.98. The second-order valence-electron chi connectivity index (χ2n) is 2.71. The van der Waals surface area contributed by atoms with Crippen molar-refractivity contribution in [3.05, 3.63) is 25.4 Å². The summed E-state index contributed by atoms with van der Waals surface area (Å²) in [5, 5.41) is 0. The van der Waals surface area contributed by atoms with Crippen LogP contribution in [-0.4, -0.2) is 43.5 Å². The zero-order chi connectivity index (χ0) is 8.69. The van der Waals surface area contributed by atoms with Crippen molar-refractivity contribution >= 4 is 0 Å². The first-order valence-corrected chi connectivity index (χ1v) is 3.83. The standard InChI is InChI=1S/C9H18N2/c1-5-7-11(4)9-8-10(3)6-2/h5-6H,1-2,7-9H2,3-4H3. The van der Waals surface area contributed by atoms with E-state index < -0.39 is 0 Å². The van der Waals surface area contributed by atoms with E-state index in [4.69, 9.17) is 0 Å². The number of nitrogens with zero attached hydrogens (tertiary/aromatic N) is 2. The fraction of sp³-hybridized carbons (Fsp3) is 0.556. The molecule has 0 heterocycles. The summed E-state index contributed by atoms with van der Waals surface area (Å²) < 4.78 is 0. The molecular weight excluding hydrogens is 136 g/mol. The van der Waals surface area contributed by atoms with Gasteiger partial charge in [0.05, 0.1) is 0 Å². The lowest BCUT2D eigenvalue weighted by Gasteiger charge is -2.18. The molecule has 2 heteroatoms. The van der Waals surface area contributed by atoms with Crippen molar-refractivity contribution in [3.63, 3.8) is 0 Å². The van der Waals surface area contributed by atoms with Crippen LogP contribution in [0.2, 0.25) is 0 Å². The highest BCUT2D eigenvalue weighted by molar-refractivity contribution is 4.73. The molecule has 0 spiro atoms. The third-order valence-electron chi connectivity index (χ3n) is 1.59. The molecule has 0 radical (unpaired) electrons. The summed E-state index contributed by atoms with van der Waals surface area (Å²) in [6.45, 7) is 10.4. The van der Waals surface area contributed by atoms with E-state index in [1.165, 1.54) is 0 Å². The summed E-state index contributed by atoms with van der Waals surface area (Å²) in [4.78, 5) is 4.28. The first-order chi connectivity index (χ1) is 5.20. The van der Waals surface area contributed by atoms with Crippen molar-refractivity contribution in [2.75, 3.05) is 33.7 Å². The van der Waals surface area contributed by atoms with Crippen LogP contribution < -0.4 is 0 Å². The van der Waals surface area contributed by atoms with Crippen molar-refractivity contribution in [1.82, 2.24) is 9.80 Å². The fourth-order valence-electron chi connectivity index (χ4n) is 0.731. The summed E-state index contributed by atoms with van der Waals surface area (Å²) in [5.41, 5.74) is 0. The van der Waals surface area contributed by atoms with Gasteiger partial charge in [-0.05, 0) is 13.2 Å². The molecule has 0 amide bonds. The van der Waals surface area contributed by atoms with Gasteiger partial charge in [0.2, 0.25) is 0 Å². The summed E-state index contributed by atoms with van der Waals surface area (Å²) in [6.07, 6.45) is 3.75. The van der Waals surface area contributed by atoms with E-state index in [2.05, 4.69) is 30.0 Å². The van der Waals surface area contributed by atoms with Crippen molar-refractivity contribution in [1.29, 1.82) is 0 Å². The van der Waals surface area contributed by atoms with Gasteiger partial charge in [-0.1, -0.05) is 12.7 Å². The molecule has 0 atom stereocenters. The van der Waals surface area contributed by atoms with Crippen LogP contribution in [0, 0.1) is 0 Å².